The van der Waals surface area contributed by atoms with Crippen LogP contribution in [-0.4, -0.2) is 80.0 Å². The van der Waals surface area contributed by atoms with E-state index in [1.54, 1.807) is 0 Å². The van der Waals surface area contributed by atoms with Crippen molar-refractivity contribution in [3.05, 3.63) is 80.7 Å². The maximum atomic E-state index is 13.8. The molecule has 0 spiro atoms. The van der Waals surface area contributed by atoms with E-state index in [1.807, 2.05) is 0 Å². The second-order valence-electron chi connectivity index (χ2n) is 11.1. The molecule has 4 heterocycles. The highest BCUT2D eigenvalue weighted by atomic mass is 35.5. The summed E-state index contributed by atoms with van der Waals surface area (Å²) in [6, 6.07) is 6.04. The number of anilines is 2. The Morgan fingerprint density at radius 3 is 2.50 bits per heavy atom. The summed E-state index contributed by atoms with van der Waals surface area (Å²) in [5.74, 6) is -2.43. The fourth-order valence-electron chi connectivity index (χ4n) is 5.43. The van der Waals surface area contributed by atoms with Crippen LogP contribution in [0.15, 0.2) is 52.5 Å². The van der Waals surface area contributed by atoms with Crippen LogP contribution < -0.4 is 16.6 Å². The molecule has 0 saturated carbocycles. The molecule has 0 bridgehead atoms. The highest BCUT2D eigenvalue weighted by Crippen LogP contribution is 2.34. The average molecular weight is 663 g/mol. The number of nitrogen functional groups attached to an aromatic ring is 1. The third-order valence-corrected chi connectivity index (χ3v) is 8.18. The minimum Gasteiger partial charge on any atom is -0.477 e. The normalized spacial score (nSPS) is 15.0. The standard InChI is InChI=1S/C30H31ClF4N8O3/c1-16(2)41-9-6-40(7-10-41)8-11-42-26-19(13-20(28(42)44)29(45)46)21(27(36)43-24(26)14-25(39-43)30(33,34)35)15-37-17(3)38-18-4-5-23(32)22(31)12-18/h4-5,12-16,38H,3,6-11,36H2,1-2H3,(H,45,46)/b37-15-. The highest BCUT2D eigenvalue weighted by molar-refractivity contribution is 6.31. The Kier molecular flexibility index (Phi) is 9.11. The molecule has 11 nitrogen and oxygen atoms in total. The number of nitrogens with two attached hydrogens (primary N) is 1. The molecule has 0 atom stereocenters. The lowest BCUT2D eigenvalue weighted by atomic mass is 10.1. The van der Waals surface area contributed by atoms with Gasteiger partial charge >= 0.3 is 12.1 Å². The molecule has 4 aromatic rings. The van der Waals surface area contributed by atoms with Gasteiger partial charge in [0.25, 0.3) is 5.56 Å². The zero-order chi connectivity index (χ0) is 33.5. The molecule has 1 aliphatic rings. The molecule has 4 N–H and O–H groups in total. The third kappa shape index (κ3) is 6.57. The van der Waals surface area contributed by atoms with E-state index in [0.29, 0.717) is 31.4 Å². The maximum Gasteiger partial charge on any atom is 0.435 e. The number of aliphatic imine (C=N–C) groups is 1. The lowest BCUT2D eigenvalue weighted by Gasteiger charge is -2.37. The van der Waals surface area contributed by atoms with Crippen LogP contribution in [0.1, 0.15) is 35.5 Å². The van der Waals surface area contributed by atoms with Crippen LogP contribution in [0.25, 0.3) is 16.4 Å². The summed E-state index contributed by atoms with van der Waals surface area (Å²) in [4.78, 5) is 34.4. The van der Waals surface area contributed by atoms with Gasteiger partial charge in [-0.1, -0.05) is 18.2 Å². The van der Waals surface area contributed by atoms with Gasteiger partial charge in [0, 0.05) is 68.2 Å². The zero-order valence-corrected chi connectivity index (χ0v) is 25.7. The van der Waals surface area contributed by atoms with Gasteiger partial charge in [-0.15, -0.1) is 0 Å². The number of alkyl halides is 3. The predicted octanol–water partition coefficient (Wildman–Crippen LogP) is 4.77. The molecule has 244 valence electrons. The van der Waals surface area contributed by atoms with Gasteiger partial charge < -0.3 is 20.7 Å². The SMILES string of the molecule is C=C(/N=C\c1c(N)n2nc(C(F)(F)F)cc2c2c1cc(C(=O)O)c(=O)n2CCN1CCN(C(C)C)CC1)Nc1ccc(F)c(Cl)c1. The van der Waals surface area contributed by atoms with Crippen LogP contribution in [0.4, 0.5) is 29.1 Å². The number of carbonyl (C=O) groups is 1. The number of benzene rings is 1. The maximum absolute atomic E-state index is 13.8. The molecule has 3 aromatic heterocycles. The minimum atomic E-state index is -4.84. The molecule has 0 radical (unpaired) electrons. The number of piperazine rings is 1. The first kappa shape index (κ1) is 32.9. The molecule has 1 saturated heterocycles. The number of aromatic carboxylic acids is 1. The molecule has 1 aromatic carbocycles. The Bertz CT molecular complexity index is 1930. The number of carboxylic acid groups (broad SMARTS) is 1. The fraction of sp³-hybridized carbons (Fsp3) is 0.333. The Balaban J connectivity index is 1.64. The quantitative estimate of drug-likeness (QED) is 0.173. The molecule has 16 heteroatoms. The summed E-state index contributed by atoms with van der Waals surface area (Å²) >= 11 is 5.84. The first-order valence-corrected chi connectivity index (χ1v) is 14.6. The Morgan fingerprint density at radius 2 is 1.89 bits per heavy atom. The fourth-order valence-corrected chi connectivity index (χ4v) is 5.62. The number of aromatic nitrogens is 3. The van der Waals surface area contributed by atoms with E-state index in [0.717, 1.165) is 40.4 Å². The molecule has 46 heavy (non-hydrogen) atoms. The number of halogens is 5. The van der Waals surface area contributed by atoms with Gasteiger partial charge in [0.15, 0.2) is 5.69 Å². The van der Waals surface area contributed by atoms with Crippen molar-refractivity contribution in [1.29, 1.82) is 0 Å². The molecule has 0 unspecified atom stereocenters. The third-order valence-electron chi connectivity index (χ3n) is 7.89. The van der Waals surface area contributed by atoms with E-state index in [2.05, 4.69) is 45.6 Å². The number of hydrogen-bond acceptors (Lipinski definition) is 8. The van der Waals surface area contributed by atoms with Crippen molar-refractivity contribution in [2.45, 2.75) is 32.6 Å². The van der Waals surface area contributed by atoms with E-state index in [-0.39, 0.29) is 45.2 Å². The molecule has 1 fully saturated rings. The number of fused-ring (bicyclic) bond motifs is 3. The monoisotopic (exact) mass is 662 g/mol. The Labute approximate surface area is 265 Å². The molecule has 5 rings (SSSR count). The van der Waals surface area contributed by atoms with Crippen LogP contribution in [0.5, 0.6) is 0 Å². The van der Waals surface area contributed by atoms with Gasteiger partial charge in [-0.05, 0) is 44.2 Å². The van der Waals surface area contributed by atoms with Crippen LogP contribution in [-0.2, 0) is 12.7 Å². The summed E-state index contributed by atoms with van der Waals surface area (Å²) in [5.41, 5.74) is 3.85. The van der Waals surface area contributed by atoms with Gasteiger partial charge in [0.05, 0.1) is 16.1 Å². The highest BCUT2D eigenvalue weighted by Gasteiger charge is 2.35. The number of hydrogen-bond donors (Lipinski definition) is 3. The van der Waals surface area contributed by atoms with Crippen LogP contribution in [0, 0.1) is 5.82 Å². The summed E-state index contributed by atoms with van der Waals surface area (Å²) in [5, 5.41) is 16.3. The van der Waals surface area contributed by atoms with Crippen molar-refractivity contribution >= 4 is 51.7 Å². The summed E-state index contributed by atoms with van der Waals surface area (Å²) in [6.45, 7) is 11.3. The van der Waals surface area contributed by atoms with Crippen molar-refractivity contribution in [3.8, 4) is 0 Å². The summed E-state index contributed by atoms with van der Waals surface area (Å²) in [6.07, 6.45) is -3.66. The first-order valence-electron chi connectivity index (χ1n) is 14.3. The first-order chi connectivity index (χ1) is 21.6. The number of pyridine rings is 2. The van der Waals surface area contributed by atoms with Crippen molar-refractivity contribution in [2.75, 3.05) is 43.8 Å². The smallest absolute Gasteiger partial charge is 0.435 e. The van der Waals surface area contributed by atoms with Crippen molar-refractivity contribution in [3.63, 3.8) is 0 Å². The van der Waals surface area contributed by atoms with Gasteiger partial charge in [0.2, 0.25) is 0 Å². The molecule has 0 amide bonds. The molecular formula is C30H31ClF4N8O3. The predicted molar refractivity (Wildman–Crippen MR) is 168 cm³/mol. The number of rotatable bonds is 9. The second kappa shape index (κ2) is 12.7. The lowest BCUT2D eigenvalue weighted by Crippen LogP contribution is -2.49. The van der Waals surface area contributed by atoms with Gasteiger partial charge in [-0.2, -0.15) is 18.3 Å². The molecule has 1 aliphatic heterocycles. The van der Waals surface area contributed by atoms with E-state index >= 15 is 0 Å². The Hall–Kier alpha value is -4.47. The average Bonchev–Trinajstić information content (AvgIpc) is 3.45. The van der Waals surface area contributed by atoms with Gasteiger partial charge in [-0.25, -0.2) is 18.7 Å². The number of carboxylic acids is 1. The summed E-state index contributed by atoms with van der Waals surface area (Å²) < 4.78 is 57.2. The minimum absolute atomic E-state index is 0.00112. The van der Waals surface area contributed by atoms with Gasteiger partial charge in [-0.3, -0.25) is 14.6 Å². The van der Waals surface area contributed by atoms with Crippen LogP contribution in [0.3, 0.4) is 0 Å². The topological polar surface area (TPSA) is 133 Å². The molecular weight excluding hydrogens is 632 g/mol. The second-order valence-corrected chi connectivity index (χ2v) is 11.5. The van der Waals surface area contributed by atoms with E-state index < -0.39 is 34.8 Å². The molecule has 0 aliphatic carbocycles. The van der Waals surface area contributed by atoms with Crippen LogP contribution in [0.2, 0.25) is 5.02 Å². The largest absolute Gasteiger partial charge is 0.477 e. The number of nitrogens with one attached hydrogen (secondary N) is 1. The zero-order valence-electron chi connectivity index (χ0n) is 24.9. The van der Waals surface area contributed by atoms with E-state index in [9.17, 15) is 32.3 Å². The van der Waals surface area contributed by atoms with E-state index in [1.165, 1.54) is 18.3 Å². The van der Waals surface area contributed by atoms with Crippen LogP contribution >= 0.6 is 11.6 Å². The van der Waals surface area contributed by atoms with Crippen molar-refractivity contribution < 1.29 is 27.5 Å². The summed E-state index contributed by atoms with van der Waals surface area (Å²) in [7, 11) is 0. The van der Waals surface area contributed by atoms with Gasteiger partial charge in [0.1, 0.15) is 23.0 Å². The lowest BCUT2D eigenvalue weighted by molar-refractivity contribution is -0.141. The Morgan fingerprint density at radius 1 is 1.20 bits per heavy atom. The number of nitrogens with zero attached hydrogens (tertiary/aromatic N) is 6. The van der Waals surface area contributed by atoms with Crippen molar-refractivity contribution in [2.24, 2.45) is 4.99 Å². The van der Waals surface area contributed by atoms with Crippen molar-refractivity contribution in [1.82, 2.24) is 24.0 Å². The van der Waals surface area contributed by atoms with E-state index in [4.69, 9.17) is 17.3 Å².